The van der Waals surface area contributed by atoms with E-state index in [9.17, 15) is 0 Å². The summed E-state index contributed by atoms with van der Waals surface area (Å²) < 4.78 is 104. The van der Waals surface area contributed by atoms with Crippen LogP contribution in [0.3, 0.4) is 0 Å². The van der Waals surface area contributed by atoms with Crippen LogP contribution in [-0.2, 0) is 0 Å². The molecule has 5 aliphatic rings. The van der Waals surface area contributed by atoms with E-state index in [1.54, 1.807) is 6.20 Å². The lowest BCUT2D eigenvalue weighted by atomic mass is 10.1. The van der Waals surface area contributed by atoms with Gasteiger partial charge in [0.25, 0.3) is 0 Å². The molecule has 17 aromatic rings. The number of rotatable bonds is 8. The highest BCUT2D eigenvalue weighted by atomic mass is 16.3. The van der Waals surface area contributed by atoms with Crippen molar-refractivity contribution in [3.05, 3.63) is 296 Å². The Bertz CT molecular complexity index is 6690. The number of hydrogen-bond donors (Lipinski definition) is 0. The molecule has 0 radical (unpaired) electrons. The maximum Gasteiger partial charge on any atom is 0.159 e. The first-order valence-electron chi connectivity index (χ1n) is 45.5. The molecule has 5 atom stereocenters. The number of fused-ring (bicyclic) bond motifs is 17. The van der Waals surface area contributed by atoms with Crippen LogP contribution < -0.4 is 34.3 Å². The zero-order valence-electron chi connectivity index (χ0n) is 79.3. The topological polar surface area (TPSA) is 98.1 Å². The van der Waals surface area contributed by atoms with Gasteiger partial charge in [-0.3, -0.25) is 0 Å². The monoisotopic (exact) mass is 1580 g/mol. The number of nitrogens with zero attached hydrogens (tertiary/aromatic N) is 10. The van der Waals surface area contributed by atoms with E-state index in [4.69, 9.17) is 34.4 Å². The molecule has 0 aliphatic carbocycles. The fourth-order valence-corrected chi connectivity index (χ4v) is 18.3. The van der Waals surface area contributed by atoms with Gasteiger partial charge in [0, 0.05) is 131 Å². The van der Waals surface area contributed by atoms with Gasteiger partial charge in [-0.25, -0.2) is 0 Å². The molecule has 15 nitrogen and oxygen atoms in total. The molecule has 0 spiro atoms. The van der Waals surface area contributed by atoms with Crippen LogP contribution in [0.5, 0.6) is 0 Å². The molecule has 12 aromatic carbocycles. The molecule has 0 N–H and O–H groups in total. The van der Waals surface area contributed by atoms with Gasteiger partial charge >= 0.3 is 0 Å². The Morgan fingerprint density at radius 3 is 0.874 bits per heavy atom. The molecule has 0 saturated carbocycles. The molecule has 15 heteroatoms. The van der Waals surface area contributed by atoms with Crippen molar-refractivity contribution >= 4 is 161 Å². The molecule has 0 bridgehead atoms. The van der Waals surface area contributed by atoms with Crippen molar-refractivity contribution in [3.63, 3.8) is 0 Å². The van der Waals surface area contributed by atoms with Crippen molar-refractivity contribution in [2.45, 2.75) is 160 Å². The molecular formula is C104H106N10O5. The van der Waals surface area contributed by atoms with Gasteiger partial charge in [0.2, 0.25) is 0 Å². The second-order valence-corrected chi connectivity index (χ2v) is 32.3. The zero-order valence-corrected chi connectivity index (χ0v) is 70.3. The molecule has 5 aliphatic heterocycles. The lowest BCUT2D eigenvalue weighted by Crippen LogP contribution is -2.42. The standard InChI is InChI=1S/C24H24N2O.C22H20N2O.2C20H22N2O.C18H18N2O/c1-15(2)25-17(4)26(21-11-7-6-10-20(21)25)23-16(3)13-14-19-18-9-5-8-12-22(18)27-24(19)23;1-14-12-13-17-16-8-4-7-11-20(16)25-22(17)21(14)24-15(2)23(3)18-9-5-6-10-19(18)24;2*1-13(2)21-11-12-22(15(21)4)19-14(3)9-10-17-16-7-5-6-8-18(16)23-20(17)19;1-12-8-9-15-14-6-4-5-7-16(14)21-18(15)17(12)20-11-10-19(3)13(20)2/h5-15,17H,1-4H3;4-13,15H,1-3H3;2*5-13,15H,1-4H3;4-11,13H,1-3H3/i15D;3D3;2*13D;3D3. The average Bonchev–Trinajstić information content (AvgIpc) is 1.57. The van der Waals surface area contributed by atoms with Crippen LogP contribution >= 0.6 is 0 Å². The van der Waals surface area contributed by atoms with Crippen LogP contribution in [0.25, 0.3) is 110 Å². The van der Waals surface area contributed by atoms with E-state index in [1.807, 2.05) is 224 Å². The number of hydrogen-bond acceptors (Lipinski definition) is 15. The normalized spacial score (nSPS) is 19.1. The summed E-state index contributed by atoms with van der Waals surface area (Å²) in [4.78, 5) is 19.9. The van der Waals surface area contributed by atoms with E-state index < -0.39 is 32.0 Å². The summed E-state index contributed by atoms with van der Waals surface area (Å²) in [5.74, 6) is 0. The fraction of sp³-hybridized carbons (Fsp3) is 0.250. The molecule has 10 heterocycles. The molecule has 0 saturated heterocycles. The second kappa shape index (κ2) is 30.7. The quantitative estimate of drug-likeness (QED) is 0.144. The first kappa shape index (κ1) is 66.9. The van der Waals surface area contributed by atoms with Crippen molar-refractivity contribution in [1.29, 1.82) is 0 Å². The smallest absolute Gasteiger partial charge is 0.159 e. The predicted octanol–water partition coefficient (Wildman–Crippen LogP) is 27.4. The lowest BCUT2D eigenvalue weighted by molar-refractivity contribution is 0.263. The molecule has 119 heavy (non-hydrogen) atoms. The van der Waals surface area contributed by atoms with Crippen LogP contribution in [0, 0.1) is 34.6 Å². The van der Waals surface area contributed by atoms with Gasteiger partial charge in [-0.2, -0.15) is 0 Å². The van der Waals surface area contributed by atoms with E-state index in [2.05, 4.69) is 188 Å². The molecule has 0 fully saturated rings. The first-order valence-corrected chi connectivity index (χ1v) is 41.0. The van der Waals surface area contributed by atoms with Gasteiger partial charge in [0.05, 0.1) is 55.3 Å². The maximum atomic E-state index is 8.72. The largest absolute Gasteiger partial charge is 0.454 e. The first-order chi connectivity index (χ1) is 60.9. The minimum atomic E-state index is -2.24. The molecule has 22 rings (SSSR count). The van der Waals surface area contributed by atoms with Crippen LogP contribution in [0.4, 0.5) is 51.2 Å². The Balaban J connectivity index is 0.000000108. The van der Waals surface area contributed by atoms with Crippen molar-refractivity contribution in [3.8, 4) is 0 Å². The minimum absolute atomic E-state index is 0.00223. The van der Waals surface area contributed by atoms with Crippen LogP contribution in [0.2, 0.25) is 0 Å². The van der Waals surface area contributed by atoms with E-state index >= 15 is 0 Å². The zero-order chi connectivity index (χ0) is 90.4. The van der Waals surface area contributed by atoms with Crippen LogP contribution in [0.15, 0.2) is 290 Å². The van der Waals surface area contributed by atoms with E-state index in [-0.39, 0.29) is 30.8 Å². The summed E-state index contributed by atoms with van der Waals surface area (Å²) in [5.41, 5.74) is 23.2. The third-order valence-electron chi connectivity index (χ3n) is 24.3. The van der Waals surface area contributed by atoms with Gasteiger partial charge in [-0.05, 0) is 193 Å². The Morgan fingerprint density at radius 1 is 0.269 bits per heavy atom. The Morgan fingerprint density at radius 2 is 0.555 bits per heavy atom. The van der Waals surface area contributed by atoms with E-state index in [0.29, 0.717) is 5.69 Å². The van der Waals surface area contributed by atoms with Gasteiger partial charge in [0.15, 0.2) is 27.9 Å². The average molecular weight is 1590 g/mol. The summed E-state index contributed by atoms with van der Waals surface area (Å²) in [6.07, 6.45) is 11.0. The van der Waals surface area contributed by atoms with Crippen LogP contribution in [0.1, 0.15) is 116 Å². The van der Waals surface area contributed by atoms with Gasteiger partial charge in [-0.1, -0.05) is 176 Å². The highest BCUT2D eigenvalue weighted by molar-refractivity contribution is 6.15. The van der Waals surface area contributed by atoms with Gasteiger partial charge in [-0.15, -0.1) is 0 Å². The van der Waals surface area contributed by atoms with Crippen molar-refractivity contribution < 1.29 is 34.4 Å². The van der Waals surface area contributed by atoms with Crippen molar-refractivity contribution in [2.75, 3.05) is 48.3 Å². The van der Waals surface area contributed by atoms with Crippen LogP contribution in [-0.4, -0.2) is 77.5 Å². The third-order valence-corrected chi connectivity index (χ3v) is 24.3. The summed E-state index contributed by atoms with van der Waals surface area (Å²) in [7, 11) is 0. The summed E-state index contributed by atoms with van der Waals surface area (Å²) >= 11 is 0. The lowest BCUT2D eigenvalue weighted by Gasteiger charge is -2.33. The second-order valence-electron chi connectivity index (χ2n) is 32.3. The number of para-hydroxylation sites is 9. The highest BCUT2D eigenvalue weighted by Gasteiger charge is 2.39. The summed E-state index contributed by atoms with van der Waals surface area (Å²) in [6, 6.07) is 75.5. The number of anilines is 9. The van der Waals surface area contributed by atoms with E-state index in [0.717, 1.165) is 172 Å². The molecule has 5 unspecified atom stereocenters. The summed E-state index contributed by atoms with van der Waals surface area (Å²) in [6.45, 7) is 27.7. The Hall–Kier alpha value is -13.1. The molecular weight excluding hydrogens is 1470 g/mol. The number of aryl methyl sites for hydroxylation is 5. The van der Waals surface area contributed by atoms with Crippen molar-refractivity contribution in [1.82, 2.24) is 14.7 Å². The molecule has 0 amide bonds. The third kappa shape index (κ3) is 13.0. The minimum Gasteiger partial charge on any atom is -0.454 e. The number of furan rings is 5. The Labute approximate surface area is 709 Å². The Kier molecular flexibility index (Phi) is 17.3. The number of benzene rings is 12. The highest BCUT2D eigenvalue weighted by Crippen LogP contribution is 2.52. The molecule has 5 aromatic heterocycles. The predicted molar refractivity (Wildman–Crippen MR) is 499 cm³/mol. The maximum absolute atomic E-state index is 8.72. The van der Waals surface area contributed by atoms with Gasteiger partial charge < -0.3 is 71.1 Å². The van der Waals surface area contributed by atoms with Gasteiger partial charge in [0.1, 0.15) is 58.7 Å². The molecule has 602 valence electrons. The summed E-state index contributed by atoms with van der Waals surface area (Å²) in [5, 5.41) is 11.0. The van der Waals surface area contributed by atoms with Crippen molar-refractivity contribution in [2.24, 2.45) is 0 Å². The fourth-order valence-electron chi connectivity index (χ4n) is 18.3. The SMILES string of the molecule is [2H]C(C)(C)N1C=CN(c2c(C)ccc3c2oc2ccccc23)C1C.[2H]C(C)(C)N1C=CN(c2c(C)ccc3c2oc2ccccc23)C1C.[2H]C(C)(C)N1c2ccccc2N(c2c(C)ccc3c2oc2ccccc23)C1C.[2H]C([2H])([2H])N1C=CN(c2c(C)ccc3c2oc2ccccc23)C1C.[2H]C([2H])([2H])N1c2ccccc2N(c2c(C)ccc3c2oc2ccccc23)C1C. The van der Waals surface area contributed by atoms with E-state index in [1.165, 1.54) is 20.9 Å².